The maximum absolute atomic E-state index is 15.0. The molecule has 174 valence electrons. The van der Waals surface area contributed by atoms with Gasteiger partial charge in [0.25, 0.3) is 0 Å². The van der Waals surface area contributed by atoms with Crippen molar-refractivity contribution in [2.24, 2.45) is 17.8 Å². The predicted octanol–water partition coefficient (Wildman–Crippen LogP) is 2.78. The summed E-state index contributed by atoms with van der Waals surface area (Å²) >= 11 is 0. The molecule has 4 fully saturated rings. The van der Waals surface area contributed by atoms with Crippen LogP contribution in [0.3, 0.4) is 0 Å². The third-order valence-electron chi connectivity index (χ3n) is 7.41. The first-order valence-electron chi connectivity index (χ1n) is 11.5. The number of nitrogens with zero attached hydrogens (tertiary/aromatic N) is 3. The van der Waals surface area contributed by atoms with E-state index in [0.29, 0.717) is 35.7 Å². The van der Waals surface area contributed by atoms with Crippen LogP contribution in [0, 0.1) is 34.9 Å². The van der Waals surface area contributed by atoms with Crippen LogP contribution in [0.1, 0.15) is 18.5 Å². The van der Waals surface area contributed by atoms with Crippen molar-refractivity contribution in [3.8, 4) is 17.2 Å². The summed E-state index contributed by atoms with van der Waals surface area (Å²) in [5.74, 6) is -0.0573. The highest BCUT2D eigenvalue weighted by Crippen LogP contribution is 2.62. The van der Waals surface area contributed by atoms with Gasteiger partial charge in [-0.2, -0.15) is 5.26 Å². The van der Waals surface area contributed by atoms with Crippen LogP contribution in [0.4, 0.5) is 14.9 Å². The number of carbonyl (C=O) groups is 2. The fraction of sp³-hybridized carbons (Fsp3) is 0.440. The Bertz CT molecular complexity index is 1200. The van der Waals surface area contributed by atoms with E-state index in [4.69, 9.17) is 9.47 Å². The molecule has 2 amide bonds. The van der Waals surface area contributed by atoms with Gasteiger partial charge >= 0.3 is 6.09 Å². The lowest BCUT2D eigenvalue weighted by molar-refractivity contribution is -0.122. The summed E-state index contributed by atoms with van der Waals surface area (Å²) in [5.41, 5.74) is 1.45. The molecule has 2 saturated heterocycles. The molecule has 6 rings (SSSR count). The fourth-order valence-corrected chi connectivity index (χ4v) is 5.21. The van der Waals surface area contributed by atoms with Gasteiger partial charge in [-0.15, -0.1) is 0 Å². The monoisotopic (exact) mass is 462 g/mol. The molecule has 0 spiro atoms. The van der Waals surface area contributed by atoms with Crippen LogP contribution in [-0.4, -0.2) is 49.4 Å². The number of aromatic nitrogens is 1. The number of halogens is 1. The van der Waals surface area contributed by atoms with Gasteiger partial charge in [-0.1, -0.05) is 6.07 Å². The zero-order valence-electron chi connectivity index (χ0n) is 18.4. The average Bonchev–Trinajstić information content (AvgIpc) is 3.70. The molecule has 9 heteroatoms. The Morgan fingerprint density at radius 2 is 2.06 bits per heavy atom. The number of nitriles is 1. The Morgan fingerprint density at radius 1 is 1.26 bits per heavy atom. The zero-order valence-corrected chi connectivity index (χ0v) is 18.4. The van der Waals surface area contributed by atoms with E-state index in [1.165, 1.54) is 11.0 Å². The molecular weight excluding hydrogens is 439 g/mol. The highest BCUT2D eigenvalue weighted by atomic mass is 19.1. The first-order valence-corrected chi connectivity index (χ1v) is 11.5. The number of nitrogens with one attached hydrogen (secondary N) is 1. The van der Waals surface area contributed by atoms with Crippen molar-refractivity contribution in [1.82, 2.24) is 10.3 Å². The number of hydrogen-bond acceptors (Lipinski definition) is 6. The quantitative estimate of drug-likeness (QED) is 0.708. The molecule has 4 atom stereocenters. The third-order valence-corrected chi connectivity index (χ3v) is 7.41. The Morgan fingerprint density at radius 3 is 2.71 bits per heavy atom. The minimum absolute atomic E-state index is 0.0107. The van der Waals surface area contributed by atoms with Crippen LogP contribution < -0.4 is 10.2 Å². The molecule has 0 radical (unpaired) electrons. The van der Waals surface area contributed by atoms with Gasteiger partial charge in [0, 0.05) is 35.1 Å². The molecule has 1 N–H and O–H groups in total. The van der Waals surface area contributed by atoms with E-state index in [1.807, 2.05) is 0 Å². The topological polar surface area (TPSA) is 105 Å². The van der Waals surface area contributed by atoms with Gasteiger partial charge in [0.2, 0.25) is 5.91 Å². The number of pyridine rings is 1. The molecule has 2 aliphatic heterocycles. The molecule has 1 unspecified atom stereocenters. The Hall–Kier alpha value is -3.51. The zero-order chi connectivity index (χ0) is 23.4. The van der Waals surface area contributed by atoms with Gasteiger partial charge in [0.1, 0.15) is 17.3 Å². The SMILES string of the molecule is N#CC1(c2ccc(-c3ccc(N4C[C@H](CNC(=O)C5CC5)OC4=O)cc3F)cn2)[C@@H]2COC[C@@H]21. The van der Waals surface area contributed by atoms with E-state index >= 15 is 4.39 Å². The van der Waals surface area contributed by atoms with Crippen LogP contribution in [0.15, 0.2) is 36.5 Å². The molecule has 2 aliphatic carbocycles. The second kappa shape index (κ2) is 7.77. The lowest BCUT2D eigenvalue weighted by Gasteiger charge is -2.15. The lowest BCUT2D eigenvalue weighted by atomic mass is 9.96. The highest BCUT2D eigenvalue weighted by molar-refractivity contribution is 5.90. The summed E-state index contributed by atoms with van der Waals surface area (Å²) in [5, 5.41) is 12.5. The number of anilines is 1. The maximum Gasteiger partial charge on any atom is 0.414 e. The molecule has 1 aromatic carbocycles. The van der Waals surface area contributed by atoms with Crippen LogP contribution in [0.2, 0.25) is 0 Å². The minimum Gasteiger partial charge on any atom is -0.442 e. The molecule has 2 saturated carbocycles. The van der Waals surface area contributed by atoms with Gasteiger partial charge in [-0.05, 0) is 37.1 Å². The van der Waals surface area contributed by atoms with Gasteiger partial charge in [0.05, 0.1) is 43.8 Å². The summed E-state index contributed by atoms with van der Waals surface area (Å²) in [7, 11) is 0. The summed E-state index contributed by atoms with van der Waals surface area (Å²) in [4.78, 5) is 30.0. The first kappa shape index (κ1) is 21.1. The van der Waals surface area contributed by atoms with Crippen molar-refractivity contribution >= 4 is 17.7 Å². The van der Waals surface area contributed by atoms with Crippen LogP contribution >= 0.6 is 0 Å². The Balaban J connectivity index is 1.15. The number of rotatable bonds is 6. The van der Waals surface area contributed by atoms with E-state index in [9.17, 15) is 14.9 Å². The van der Waals surface area contributed by atoms with Gasteiger partial charge in [-0.25, -0.2) is 9.18 Å². The third kappa shape index (κ3) is 3.32. The number of ether oxygens (including phenoxy) is 2. The number of amides is 2. The van der Waals surface area contributed by atoms with Crippen LogP contribution in [0.5, 0.6) is 0 Å². The van der Waals surface area contributed by atoms with E-state index in [2.05, 4.69) is 16.4 Å². The highest BCUT2D eigenvalue weighted by Gasteiger charge is 2.70. The van der Waals surface area contributed by atoms with Crippen molar-refractivity contribution < 1.29 is 23.5 Å². The van der Waals surface area contributed by atoms with E-state index in [0.717, 1.165) is 12.8 Å². The second-order valence-corrected chi connectivity index (χ2v) is 9.46. The van der Waals surface area contributed by atoms with Crippen molar-refractivity contribution in [3.63, 3.8) is 0 Å². The number of fused-ring (bicyclic) bond motifs is 1. The fourth-order valence-electron chi connectivity index (χ4n) is 5.21. The number of carbonyl (C=O) groups excluding carboxylic acids is 2. The van der Waals surface area contributed by atoms with E-state index in [-0.39, 0.29) is 36.8 Å². The van der Waals surface area contributed by atoms with Crippen LogP contribution in [0.25, 0.3) is 11.1 Å². The summed E-state index contributed by atoms with van der Waals surface area (Å²) in [6.07, 6.45) is 2.35. The van der Waals surface area contributed by atoms with Crippen molar-refractivity contribution in [1.29, 1.82) is 5.26 Å². The van der Waals surface area contributed by atoms with Gasteiger partial charge < -0.3 is 14.8 Å². The largest absolute Gasteiger partial charge is 0.442 e. The summed E-state index contributed by atoms with van der Waals surface area (Å²) < 4.78 is 25.8. The van der Waals surface area contributed by atoms with Crippen molar-refractivity contribution in [2.45, 2.75) is 24.4 Å². The molecule has 3 heterocycles. The van der Waals surface area contributed by atoms with Crippen molar-refractivity contribution in [3.05, 3.63) is 48.0 Å². The molecule has 34 heavy (non-hydrogen) atoms. The second-order valence-electron chi connectivity index (χ2n) is 9.46. The van der Waals surface area contributed by atoms with Gasteiger partial charge in [-0.3, -0.25) is 14.7 Å². The number of benzene rings is 1. The molecule has 2 aromatic rings. The molecule has 0 bridgehead atoms. The number of hydrogen-bond donors (Lipinski definition) is 1. The first-order chi connectivity index (χ1) is 16.5. The molecule has 1 aromatic heterocycles. The average molecular weight is 462 g/mol. The van der Waals surface area contributed by atoms with Crippen LogP contribution in [-0.2, 0) is 19.7 Å². The Labute approximate surface area is 195 Å². The summed E-state index contributed by atoms with van der Waals surface area (Å²) in [6.45, 7) is 1.63. The minimum atomic E-state index is -0.593. The number of cyclic esters (lactones) is 1. The van der Waals surface area contributed by atoms with E-state index < -0.39 is 23.4 Å². The molecule has 4 aliphatic rings. The molecular formula is C25H23FN4O4. The van der Waals surface area contributed by atoms with Crippen molar-refractivity contribution in [2.75, 3.05) is 31.2 Å². The maximum atomic E-state index is 15.0. The predicted molar refractivity (Wildman–Crippen MR) is 118 cm³/mol. The Kier molecular flexibility index (Phi) is 4.81. The lowest BCUT2D eigenvalue weighted by Crippen LogP contribution is -2.35. The normalized spacial score (nSPS) is 29.4. The van der Waals surface area contributed by atoms with E-state index in [1.54, 1.807) is 30.5 Å². The molecule has 8 nitrogen and oxygen atoms in total. The van der Waals surface area contributed by atoms with Gasteiger partial charge in [0.15, 0.2) is 0 Å². The summed E-state index contributed by atoms with van der Waals surface area (Å²) in [6, 6.07) is 10.6. The standard InChI is InChI=1S/C25H23FN4O4/c26-21-7-16(30-10-17(34-24(30)32)9-29-23(31)14-1-2-14)4-5-18(21)15-3-6-22(28-8-15)25(13-27)19-11-33-12-20(19)25/h3-8,14,17,19-20H,1-2,9-12H2,(H,29,31)/t17-,19-,20+,25?/m0/s1. The smallest absolute Gasteiger partial charge is 0.414 e.